The number of aromatic nitrogens is 3. The van der Waals surface area contributed by atoms with Gasteiger partial charge < -0.3 is 5.32 Å². The van der Waals surface area contributed by atoms with Crippen molar-refractivity contribution in [3.05, 3.63) is 113 Å². The molecule has 5 heteroatoms. The number of carbonyl (C=O) groups excluding carboxylic acids is 1. The lowest BCUT2D eigenvalue weighted by Gasteiger charge is -2.25. The molecule has 0 radical (unpaired) electrons. The van der Waals surface area contributed by atoms with Gasteiger partial charge in [-0.25, -0.2) is 9.67 Å². The maximum absolute atomic E-state index is 13.1. The van der Waals surface area contributed by atoms with Crippen molar-refractivity contribution >= 4 is 5.91 Å². The van der Waals surface area contributed by atoms with Gasteiger partial charge in [-0.2, -0.15) is 0 Å². The lowest BCUT2D eigenvalue weighted by Crippen LogP contribution is -2.31. The Morgan fingerprint density at radius 2 is 1.65 bits per heavy atom. The smallest absolute Gasteiger partial charge is 0.291 e. The van der Waals surface area contributed by atoms with Crippen molar-refractivity contribution in [3.63, 3.8) is 0 Å². The lowest BCUT2D eigenvalue weighted by molar-refractivity contribution is 0.0922. The summed E-state index contributed by atoms with van der Waals surface area (Å²) in [4.78, 5) is 17.8. The number of aryl methyl sites for hydroxylation is 1. The second-order valence-corrected chi connectivity index (χ2v) is 7.88. The van der Waals surface area contributed by atoms with Crippen molar-refractivity contribution in [1.29, 1.82) is 0 Å². The first-order valence-electron chi connectivity index (χ1n) is 10.7. The number of nitrogens with one attached hydrogen (secondary N) is 1. The van der Waals surface area contributed by atoms with Crippen LogP contribution in [-0.2, 0) is 12.8 Å². The molecule has 31 heavy (non-hydrogen) atoms. The van der Waals surface area contributed by atoms with Crippen LogP contribution in [0.2, 0.25) is 0 Å². The predicted molar refractivity (Wildman–Crippen MR) is 120 cm³/mol. The zero-order valence-electron chi connectivity index (χ0n) is 17.2. The van der Waals surface area contributed by atoms with E-state index >= 15 is 0 Å². The van der Waals surface area contributed by atoms with E-state index in [1.54, 1.807) is 4.68 Å². The SMILES string of the molecule is O=C(N[C@@H]1CCCc2ccccc21)c1nc(Cc2ccccc2)n(-c2ccccc2)n1. The highest BCUT2D eigenvalue weighted by molar-refractivity contribution is 5.90. The van der Waals surface area contributed by atoms with Gasteiger partial charge in [0.25, 0.3) is 5.91 Å². The summed E-state index contributed by atoms with van der Waals surface area (Å²) in [5.41, 5.74) is 4.53. The number of amides is 1. The van der Waals surface area contributed by atoms with Gasteiger partial charge in [0.15, 0.2) is 0 Å². The van der Waals surface area contributed by atoms with E-state index < -0.39 is 0 Å². The molecule has 1 atom stereocenters. The average molecular weight is 409 g/mol. The average Bonchev–Trinajstić information content (AvgIpc) is 3.24. The third kappa shape index (κ3) is 4.12. The summed E-state index contributed by atoms with van der Waals surface area (Å²) >= 11 is 0. The fraction of sp³-hybridized carbons (Fsp3) is 0.192. The summed E-state index contributed by atoms with van der Waals surface area (Å²) in [7, 11) is 0. The Morgan fingerprint density at radius 3 is 2.45 bits per heavy atom. The molecule has 1 aliphatic rings. The first-order chi connectivity index (χ1) is 15.3. The third-order valence-corrected chi connectivity index (χ3v) is 5.76. The molecular formula is C26H24N4O. The Kier molecular flexibility index (Phi) is 5.31. The van der Waals surface area contributed by atoms with Crippen molar-refractivity contribution < 1.29 is 4.79 Å². The van der Waals surface area contributed by atoms with Crippen LogP contribution in [0.1, 0.15) is 52.0 Å². The number of hydrogen-bond acceptors (Lipinski definition) is 3. The molecule has 0 aliphatic heterocycles. The molecule has 0 saturated carbocycles. The molecule has 154 valence electrons. The Balaban J connectivity index is 1.45. The van der Waals surface area contributed by atoms with Crippen molar-refractivity contribution in [2.75, 3.05) is 0 Å². The van der Waals surface area contributed by atoms with E-state index in [0.717, 1.165) is 36.3 Å². The van der Waals surface area contributed by atoms with E-state index in [2.05, 4.69) is 45.7 Å². The fourth-order valence-electron chi connectivity index (χ4n) is 4.24. The topological polar surface area (TPSA) is 59.8 Å². The zero-order chi connectivity index (χ0) is 21.0. The minimum absolute atomic E-state index is 0.00120. The zero-order valence-corrected chi connectivity index (χ0v) is 17.2. The Bertz CT molecular complexity index is 1180. The highest BCUT2D eigenvalue weighted by Gasteiger charge is 2.24. The largest absolute Gasteiger partial charge is 0.342 e. The predicted octanol–water partition coefficient (Wildman–Crippen LogP) is 4.67. The van der Waals surface area contributed by atoms with Crippen molar-refractivity contribution in [3.8, 4) is 5.69 Å². The van der Waals surface area contributed by atoms with Crippen LogP contribution in [0.25, 0.3) is 5.69 Å². The molecule has 3 aromatic carbocycles. The first-order valence-corrected chi connectivity index (χ1v) is 10.7. The summed E-state index contributed by atoms with van der Waals surface area (Å²) in [5, 5.41) is 7.76. The number of rotatable bonds is 5. The van der Waals surface area contributed by atoms with Gasteiger partial charge in [0.05, 0.1) is 11.7 Å². The van der Waals surface area contributed by atoms with Crippen LogP contribution in [-0.4, -0.2) is 20.7 Å². The molecule has 1 amide bonds. The molecule has 0 fully saturated rings. The van der Waals surface area contributed by atoms with Crippen molar-refractivity contribution in [1.82, 2.24) is 20.1 Å². The Hall–Kier alpha value is -3.73. The second-order valence-electron chi connectivity index (χ2n) is 7.88. The third-order valence-electron chi connectivity index (χ3n) is 5.76. The molecule has 0 unspecified atom stereocenters. The molecule has 5 rings (SSSR count). The van der Waals surface area contributed by atoms with Crippen LogP contribution in [0.5, 0.6) is 0 Å². The molecule has 0 spiro atoms. The van der Waals surface area contributed by atoms with E-state index in [1.165, 1.54) is 11.1 Å². The Morgan fingerprint density at radius 1 is 0.935 bits per heavy atom. The molecule has 4 aromatic rings. The first kappa shape index (κ1) is 19.2. The van der Waals surface area contributed by atoms with E-state index in [1.807, 2.05) is 54.6 Å². The Labute approximate surface area is 181 Å². The van der Waals surface area contributed by atoms with E-state index in [4.69, 9.17) is 0 Å². The lowest BCUT2D eigenvalue weighted by atomic mass is 9.88. The van der Waals surface area contributed by atoms with Crippen LogP contribution >= 0.6 is 0 Å². The normalized spacial score (nSPS) is 15.3. The van der Waals surface area contributed by atoms with E-state index in [-0.39, 0.29) is 17.8 Å². The standard InChI is InChI=1S/C26H24N4O/c31-26(27-23-17-9-13-20-12-7-8-16-22(20)23)25-28-24(18-19-10-3-1-4-11-19)30(29-25)21-14-5-2-6-15-21/h1-8,10-12,14-16,23H,9,13,17-18H2,(H,27,31)/t23-/m1/s1. The number of hydrogen-bond donors (Lipinski definition) is 1. The van der Waals surface area contributed by atoms with Gasteiger partial charge >= 0.3 is 0 Å². The second kappa shape index (κ2) is 8.56. The van der Waals surface area contributed by atoms with Crippen LogP contribution in [0.4, 0.5) is 0 Å². The van der Waals surface area contributed by atoms with Crippen LogP contribution in [0.15, 0.2) is 84.9 Å². The summed E-state index contributed by atoms with van der Waals surface area (Å²) in [5.74, 6) is 0.718. The monoisotopic (exact) mass is 408 g/mol. The molecule has 1 N–H and O–H groups in total. The van der Waals surface area contributed by atoms with Gasteiger partial charge in [-0.15, -0.1) is 5.10 Å². The van der Waals surface area contributed by atoms with Crippen molar-refractivity contribution in [2.45, 2.75) is 31.7 Å². The number of fused-ring (bicyclic) bond motifs is 1. The van der Waals surface area contributed by atoms with Gasteiger partial charge in [-0.1, -0.05) is 72.8 Å². The molecule has 1 heterocycles. The summed E-state index contributed by atoms with van der Waals surface area (Å²) in [6.07, 6.45) is 3.65. The molecule has 1 aromatic heterocycles. The minimum atomic E-state index is -0.231. The van der Waals surface area contributed by atoms with Gasteiger partial charge in [0.2, 0.25) is 5.82 Å². The summed E-state index contributed by atoms with van der Waals surface area (Å²) < 4.78 is 1.77. The molecule has 0 bridgehead atoms. The maximum atomic E-state index is 13.1. The van der Waals surface area contributed by atoms with Crippen LogP contribution in [0.3, 0.4) is 0 Å². The van der Waals surface area contributed by atoms with E-state index in [9.17, 15) is 4.79 Å². The summed E-state index contributed by atoms with van der Waals surface area (Å²) in [6, 6.07) is 28.3. The van der Waals surface area contributed by atoms with Gasteiger partial charge in [-0.05, 0) is 48.1 Å². The highest BCUT2D eigenvalue weighted by Crippen LogP contribution is 2.29. The maximum Gasteiger partial charge on any atom is 0.291 e. The number of benzene rings is 3. The number of para-hydroxylation sites is 1. The highest BCUT2D eigenvalue weighted by atomic mass is 16.2. The van der Waals surface area contributed by atoms with Crippen molar-refractivity contribution in [2.24, 2.45) is 0 Å². The fourth-order valence-corrected chi connectivity index (χ4v) is 4.24. The van der Waals surface area contributed by atoms with E-state index in [0.29, 0.717) is 6.42 Å². The molecule has 0 saturated heterocycles. The molecule has 1 aliphatic carbocycles. The minimum Gasteiger partial charge on any atom is -0.342 e. The van der Waals surface area contributed by atoms with Gasteiger partial charge in [-0.3, -0.25) is 4.79 Å². The number of carbonyl (C=O) groups is 1. The molecule has 5 nitrogen and oxygen atoms in total. The molecular weight excluding hydrogens is 384 g/mol. The quantitative estimate of drug-likeness (QED) is 0.522. The van der Waals surface area contributed by atoms with Crippen LogP contribution in [0, 0.1) is 0 Å². The number of nitrogens with zero attached hydrogens (tertiary/aromatic N) is 3. The van der Waals surface area contributed by atoms with Crippen LogP contribution < -0.4 is 5.32 Å². The summed E-state index contributed by atoms with van der Waals surface area (Å²) in [6.45, 7) is 0. The van der Waals surface area contributed by atoms with Gasteiger partial charge in [0, 0.05) is 6.42 Å². The van der Waals surface area contributed by atoms with Gasteiger partial charge in [0.1, 0.15) is 5.82 Å².